The summed E-state index contributed by atoms with van der Waals surface area (Å²) in [6.45, 7) is 4.28. The molecular weight excluding hydrogens is 381 g/mol. The second kappa shape index (κ2) is 8.41. The number of ether oxygens (including phenoxy) is 1. The van der Waals surface area contributed by atoms with Gasteiger partial charge in [-0.05, 0) is 49.2 Å². The van der Waals surface area contributed by atoms with Crippen LogP contribution in [0.4, 0.5) is 4.39 Å². The van der Waals surface area contributed by atoms with Crippen LogP contribution in [0.1, 0.15) is 36.8 Å². The van der Waals surface area contributed by atoms with E-state index in [0.29, 0.717) is 16.3 Å². The van der Waals surface area contributed by atoms with Gasteiger partial charge in [-0.15, -0.1) is 11.8 Å². The maximum atomic E-state index is 15.0. The zero-order valence-corrected chi connectivity index (χ0v) is 16.9. The van der Waals surface area contributed by atoms with Crippen LogP contribution in [0, 0.1) is 17.1 Å². The molecule has 0 fully saturated rings. The van der Waals surface area contributed by atoms with Crippen LogP contribution in [0.3, 0.4) is 0 Å². The van der Waals surface area contributed by atoms with Crippen LogP contribution in [0.2, 0.25) is 0 Å². The van der Waals surface area contributed by atoms with Crippen LogP contribution in [-0.2, 0) is 0 Å². The first kappa shape index (κ1) is 19.8. The van der Waals surface area contributed by atoms with E-state index in [9.17, 15) is 9.65 Å². The Morgan fingerprint density at radius 3 is 2.81 bits per heavy atom. The van der Waals surface area contributed by atoms with Crippen molar-refractivity contribution in [2.45, 2.75) is 31.2 Å². The Hall–Kier alpha value is -1.91. The number of methoxy groups -OCH3 is 1. The van der Waals surface area contributed by atoms with E-state index in [0.717, 1.165) is 47.7 Å². The van der Waals surface area contributed by atoms with Crippen molar-refractivity contribution in [3.05, 3.63) is 47.3 Å². The van der Waals surface area contributed by atoms with Gasteiger partial charge >= 0.3 is 0 Å². The molecule has 7 heteroatoms. The van der Waals surface area contributed by atoms with E-state index in [1.165, 1.54) is 13.2 Å². The van der Waals surface area contributed by atoms with Crippen molar-refractivity contribution < 1.29 is 9.13 Å². The highest BCUT2D eigenvalue weighted by atomic mass is 32.2. The van der Waals surface area contributed by atoms with Gasteiger partial charge < -0.3 is 10.5 Å². The Kier molecular flexibility index (Phi) is 6.18. The van der Waals surface area contributed by atoms with Crippen molar-refractivity contribution in [1.82, 2.24) is 0 Å². The Labute approximate surface area is 167 Å². The number of nitriles is 1. The molecule has 2 aliphatic heterocycles. The summed E-state index contributed by atoms with van der Waals surface area (Å²) in [6.07, 6.45) is 5.69. The van der Waals surface area contributed by atoms with Crippen molar-refractivity contribution in [2.24, 2.45) is 10.7 Å². The summed E-state index contributed by atoms with van der Waals surface area (Å²) >= 11 is 3.14. The first-order valence-electron chi connectivity index (χ1n) is 8.79. The largest absolute Gasteiger partial charge is 0.494 e. The third-order valence-corrected chi connectivity index (χ3v) is 6.83. The van der Waals surface area contributed by atoms with Crippen molar-refractivity contribution in [3.8, 4) is 11.8 Å². The lowest BCUT2D eigenvalue weighted by atomic mass is 9.83. The van der Waals surface area contributed by atoms with Crippen LogP contribution >= 0.6 is 23.5 Å². The Morgan fingerprint density at radius 2 is 2.11 bits per heavy atom. The van der Waals surface area contributed by atoms with Gasteiger partial charge in [-0.1, -0.05) is 18.3 Å². The number of thioether (sulfide) groups is 2. The number of nitrogens with two attached hydrogens (primary N) is 1. The minimum Gasteiger partial charge on any atom is -0.494 e. The van der Waals surface area contributed by atoms with E-state index in [4.69, 9.17) is 15.5 Å². The zero-order chi connectivity index (χ0) is 19.4. The highest BCUT2D eigenvalue weighted by molar-refractivity contribution is 8.13. The zero-order valence-electron chi connectivity index (χ0n) is 15.3. The average molecular weight is 404 g/mol. The van der Waals surface area contributed by atoms with Crippen molar-refractivity contribution in [2.75, 3.05) is 18.6 Å². The van der Waals surface area contributed by atoms with Gasteiger partial charge in [0.2, 0.25) is 0 Å². The molecule has 1 unspecified atom stereocenters. The lowest BCUT2D eigenvalue weighted by Gasteiger charge is -2.34. The number of benzene rings is 1. The first-order chi connectivity index (χ1) is 13.0. The Bertz CT molecular complexity index is 860. The number of hydrogen-bond acceptors (Lipinski definition) is 6. The Morgan fingerprint density at radius 1 is 1.30 bits per heavy atom. The van der Waals surface area contributed by atoms with Crippen LogP contribution in [0.25, 0.3) is 4.91 Å². The lowest BCUT2D eigenvalue weighted by Crippen LogP contribution is -2.35. The molecule has 0 saturated carbocycles. The standard InChI is InChI=1S/C20H22FN3OS2/c1-13-9-17(15-10-14(12-22)11-16(25-2)18(15)21)26-7-4-3-5-20(13)6-8-27-19(23)24-20/h9-11H,1,3-8H2,2H3,(H2,23,24)/b17-9-. The molecule has 0 radical (unpaired) electrons. The molecule has 0 saturated heterocycles. The third-order valence-electron chi connectivity index (χ3n) is 4.89. The van der Waals surface area contributed by atoms with Crippen LogP contribution in [0.15, 0.2) is 35.4 Å². The molecule has 1 aromatic carbocycles. The fraction of sp³-hybridized carbons (Fsp3) is 0.400. The second-order valence-corrected chi connectivity index (χ2v) is 8.82. The van der Waals surface area contributed by atoms with E-state index in [2.05, 4.69) is 12.6 Å². The topological polar surface area (TPSA) is 71.4 Å². The fourth-order valence-corrected chi connectivity index (χ4v) is 5.37. The summed E-state index contributed by atoms with van der Waals surface area (Å²) in [6, 6.07) is 5.06. The highest BCUT2D eigenvalue weighted by Crippen LogP contribution is 2.42. The van der Waals surface area contributed by atoms with E-state index >= 15 is 0 Å². The number of aliphatic imine (C=N–C) groups is 1. The molecule has 1 spiro atoms. The van der Waals surface area contributed by atoms with E-state index in [-0.39, 0.29) is 5.75 Å². The summed E-state index contributed by atoms with van der Waals surface area (Å²) < 4.78 is 20.1. The summed E-state index contributed by atoms with van der Waals surface area (Å²) in [7, 11) is 1.40. The maximum absolute atomic E-state index is 15.0. The number of amidine groups is 1. The summed E-state index contributed by atoms with van der Waals surface area (Å²) in [4.78, 5) is 5.50. The van der Waals surface area contributed by atoms with E-state index < -0.39 is 11.4 Å². The van der Waals surface area contributed by atoms with Gasteiger partial charge in [0, 0.05) is 22.3 Å². The monoisotopic (exact) mass is 403 g/mol. The quantitative estimate of drug-likeness (QED) is 0.774. The minimum absolute atomic E-state index is 0.0714. The predicted octanol–water partition coefficient (Wildman–Crippen LogP) is 4.71. The van der Waals surface area contributed by atoms with Gasteiger partial charge in [-0.25, -0.2) is 4.39 Å². The molecule has 1 aromatic rings. The van der Waals surface area contributed by atoms with Crippen LogP contribution in [-0.4, -0.2) is 29.3 Å². The molecule has 4 nitrogen and oxygen atoms in total. The van der Waals surface area contributed by atoms with Gasteiger partial charge in [-0.2, -0.15) is 5.26 Å². The SMILES string of the molecule is C=C1/C=C(/c2cc(C#N)cc(OC)c2F)SCCCCC12CCSC(N)=N2. The molecule has 0 aromatic heterocycles. The molecule has 2 aliphatic rings. The normalized spacial score (nSPS) is 25.4. The Balaban J connectivity index is 2.10. The highest BCUT2D eigenvalue weighted by Gasteiger charge is 2.35. The maximum Gasteiger partial charge on any atom is 0.173 e. The number of hydrogen-bond donors (Lipinski definition) is 1. The summed E-state index contributed by atoms with van der Waals surface area (Å²) in [5.41, 5.74) is 7.17. The summed E-state index contributed by atoms with van der Waals surface area (Å²) in [5, 5.41) is 9.88. The van der Waals surface area contributed by atoms with Crippen molar-refractivity contribution in [1.29, 1.82) is 5.26 Å². The molecule has 0 amide bonds. The average Bonchev–Trinajstić information content (AvgIpc) is 2.73. The van der Waals surface area contributed by atoms with Crippen LogP contribution < -0.4 is 10.5 Å². The van der Waals surface area contributed by atoms with E-state index in [1.54, 1.807) is 29.6 Å². The fourth-order valence-electron chi connectivity index (χ4n) is 3.38. The second-order valence-electron chi connectivity index (χ2n) is 6.57. The molecule has 2 N–H and O–H groups in total. The van der Waals surface area contributed by atoms with Crippen molar-refractivity contribution in [3.63, 3.8) is 0 Å². The number of rotatable bonds is 2. The summed E-state index contributed by atoms with van der Waals surface area (Å²) in [5.74, 6) is 1.37. The number of halogens is 1. The molecule has 3 rings (SSSR count). The van der Waals surface area contributed by atoms with E-state index in [1.807, 2.05) is 6.08 Å². The first-order valence-corrected chi connectivity index (χ1v) is 10.8. The molecule has 2 heterocycles. The van der Waals surface area contributed by atoms with Crippen LogP contribution in [0.5, 0.6) is 5.75 Å². The molecular formula is C20H22FN3OS2. The molecule has 27 heavy (non-hydrogen) atoms. The van der Waals surface area contributed by atoms with Crippen molar-refractivity contribution >= 4 is 33.6 Å². The predicted molar refractivity (Wildman–Crippen MR) is 113 cm³/mol. The third kappa shape index (κ3) is 4.17. The molecule has 1 atom stereocenters. The van der Waals surface area contributed by atoms with Gasteiger partial charge in [0.05, 0.1) is 24.3 Å². The number of nitrogens with zero attached hydrogens (tertiary/aromatic N) is 2. The molecule has 0 aliphatic carbocycles. The van der Waals surface area contributed by atoms with Gasteiger partial charge in [0.15, 0.2) is 16.7 Å². The minimum atomic E-state index is -0.460. The lowest BCUT2D eigenvalue weighted by molar-refractivity contribution is 0.386. The molecule has 142 valence electrons. The van der Waals surface area contributed by atoms with Gasteiger partial charge in [0.25, 0.3) is 0 Å². The smallest absolute Gasteiger partial charge is 0.173 e. The van der Waals surface area contributed by atoms with Gasteiger partial charge in [-0.3, -0.25) is 4.99 Å². The van der Waals surface area contributed by atoms with Gasteiger partial charge in [0.1, 0.15) is 0 Å². The molecule has 0 bridgehead atoms.